The molecular formula is C19H19ClFN7O3. The van der Waals surface area contributed by atoms with E-state index in [1.54, 1.807) is 18.7 Å². The van der Waals surface area contributed by atoms with Crippen molar-refractivity contribution in [3.63, 3.8) is 0 Å². The van der Waals surface area contributed by atoms with E-state index in [4.69, 9.17) is 16.3 Å². The Bertz CT molecular complexity index is 1160. The summed E-state index contributed by atoms with van der Waals surface area (Å²) < 4.78 is 21.7. The molecule has 31 heavy (non-hydrogen) atoms. The number of rotatable bonds is 5. The Morgan fingerprint density at radius 1 is 1.35 bits per heavy atom. The number of carbonyl (C=O) groups is 2. The van der Waals surface area contributed by atoms with Gasteiger partial charge in [0, 0.05) is 26.0 Å². The second-order valence-electron chi connectivity index (χ2n) is 7.14. The summed E-state index contributed by atoms with van der Waals surface area (Å²) in [6.45, 7) is -0.0580. The Balaban J connectivity index is 1.43. The lowest BCUT2D eigenvalue weighted by molar-refractivity contribution is 0.101. The SMILES string of the molecule is Cn1cc2c(c1C(=O)Nc1ccc(F)c(Cl)c1)CCC2NC(=O)OCc1nnnn1C. The molecule has 2 N–H and O–H groups in total. The normalized spacial score (nSPS) is 14.9. The van der Waals surface area contributed by atoms with Crippen LogP contribution < -0.4 is 10.6 Å². The van der Waals surface area contributed by atoms with Gasteiger partial charge in [-0.2, -0.15) is 0 Å². The molecular weight excluding hydrogens is 429 g/mol. The molecule has 1 aliphatic rings. The van der Waals surface area contributed by atoms with Crippen LogP contribution in [-0.2, 0) is 31.9 Å². The van der Waals surface area contributed by atoms with Crippen molar-refractivity contribution in [2.45, 2.75) is 25.5 Å². The van der Waals surface area contributed by atoms with E-state index in [9.17, 15) is 14.0 Å². The predicted octanol–water partition coefficient (Wildman–Crippen LogP) is 2.51. The van der Waals surface area contributed by atoms with Gasteiger partial charge in [-0.1, -0.05) is 11.6 Å². The number of ether oxygens (including phenoxy) is 1. The summed E-state index contributed by atoms with van der Waals surface area (Å²) in [5.41, 5.74) is 2.55. The van der Waals surface area contributed by atoms with E-state index in [0.717, 1.165) is 11.1 Å². The lowest BCUT2D eigenvalue weighted by Crippen LogP contribution is -2.28. The fourth-order valence-corrected chi connectivity index (χ4v) is 3.78. The molecule has 1 aromatic carbocycles. The van der Waals surface area contributed by atoms with Crippen LogP contribution in [0, 0.1) is 5.82 Å². The molecule has 10 nitrogen and oxygen atoms in total. The van der Waals surface area contributed by atoms with E-state index >= 15 is 0 Å². The molecule has 162 valence electrons. The molecule has 1 atom stereocenters. The van der Waals surface area contributed by atoms with Gasteiger partial charge in [0.2, 0.25) is 0 Å². The van der Waals surface area contributed by atoms with Gasteiger partial charge in [0.15, 0.2) is 12.4 Å². The molecule has 0 saturated heterocycles. The number of aryl methyl sites for hydroxylation is 2. The van der Waals surface area contributed by atoms with Crippen LogP contribution in [0.25, 0.3) is 0 Å². The van der Waals surface area contributed by atoms with Crippen molar-refractivity contribution in [3.8, 4) is 0 Å². The quantitative estimate of drug-likeness (QED) is 0.620. The zero-order chi connectivity index (χ0) is 22.1. The molecule has 12 heteroatoms. The van der Waals surface area contributed by atoms with Crippen molar-refractivity contribution in [1.29, 1.82) is 0 Å². The molecule has 0 fully saturated rings. The summed E-state index contributed by atoms with van der Waals surface area (Å²) in [6, 6.07) is 3.70. The Morgan fingerprint density at radius 2 is 2.16 bits per heavy atom. The third kappa shape index (κ3) is 4.22. The number of anilines is 1. The third-order valence-corrected chi connectivity index (χ3v) is 5.39. The largest absolute Gasteiger partial charge is 0.441 e. The molecule has 0 spiro atoms. The Hall–Kier alpha value is -3.47. The van der Waals surface area contributed by atoms with E-state index < -0.39 is 11.9 Å². The molecule has 0 aliphatic heterocycles. The average Bonchev–Trinajstić information content (AvgIpc) is 3.39. The second-order valence-corrected chi connectivity index (χ2v) is 7.54. The minimum atomic E-state index is -0.600. The second kappa shape index (κ2) is 8.34. The number of nitrogens with zero attached hydrogens (tertiary/aromatic N) is 5. The summed E-state index contributed by atoms with van der Waals surface area (Å²) in [4.78, 5) is 25.0. The third-order valence-electron chi connectivity index (χ3n) is 5.10. The highest BCUT2D eigenvalue weighted by molar-refractivity contribution is 6.31. The van der Waals surface area contributed by atoms with E-state index in [0.29, 0.717) is 30.0 Å². The summed E-state index contributed by atoms with van der Waals surface area (Å²) in [6.07, 6.45) is 2.46. The number of alkyl carbamates (subject to hydrolysis) is 1. The molecule has 2 amide bonds. The van der Waals surface area contributed by atoms with Crippen LogP contribution >= 0.6 is 11.6 Å². The van der Waals surface area contributed by atoms with Gasteiger partial charge in [-0.05, 0) is 52.6 Å². The number of fused-ring (bicyclic) bond motifs is 1. The number of nitrogens with one attached hydrogen (secondary N) is 2. The van der Waals surface area contributed by atoms with Crippen LogP contribution in [0.3, 0.4) is 0 Å². The number of halogens is 2. The standard InChI is InChI=1S/C19H19ClFN7O3/c1-27-8-12-11(17(27)18(29)22-10-3-5-14(21)13(20)7-10)4-6-15(12)23-19(30)31-9-16-24-25-26-28(16)2/h3,5,7-8,15H,4,6,9H2,1-2H3,(H,22,29)(H,23,30). The first kappa shape index (κ1) is 20.8. The van der Waals surface area contributed by atoms with Gasteiger partial charge in [0.25, 0.3) is 5.91 Å². The fraction of sp³-hybridized carbons (Fsp3) is 0.316. The van der Waals surface area contributed by atoms with Crippen molar-refractivity contribution in [1.82, 2.24) is 30.1 Å². The first-order valence-electron chi connectivity index (χ1n) is 9.42. The highest BCUT2D eigenvalue weighted by atomic mass is 35.5. The Labute approximate surface area is 181 Å². The minimum Gasteiger partial charge on any atom is -0.441 e. The van der Waals surface area contributed by atoms with Crippen LogP contribution in [0.2, 0.25) is 5.02 Å². The van der Waals surface area contributed by atoms with Crippen molar-refractivity contribution in [2.75, 3.05) is 5.32 Å². The van der Waals surface area contributed by atoms with Crippen LogP contribution in [0.1, 0.15) is 39.9 Å². The van der Waals surface area contributed by atoms with E-state index in [1.807, 2.05) is 6.20 Å². The number of tetrazole rings is 1. The molecule has 0 saturated carbocycles. The predicted molar refractivity (Wildman–Crippen MR) is 108 cm³/mol. The maximum atomic E-state index is 13.4. The lowest BCUT2D eigenvalue weighted by Gasteiger charge is -2.13. The van der Waals surface area contributed by atoms with Gasteiger partial charge in [0.1, 0.15) is 11.5 Å². The highest BCUT2D eigenvalue weighted by Crippen LogP contribution is 2.35. The smallest absolute Gasteiger partial charge is 0.408 e. The van der Waals surface area contributed by atoms with Gasteiger partial charge < -0.3 is 19.9 Å². The Morgan fingerprint density at radius 3 is 2.87 bits per heavy atom. The van der Waals surface area contributed by atoms with Crippen LogP contribution in [0.4, 0.5) is 14.9 Å². The zero-order valence-corrected chi connectivity index (χ0v) is 17.5. The van der Waals surface area contributed by atoms with Crippen molar-refractivity contribution >= 4 is 29.3 Å². The number of benzene rings is 1. The Kier molecular flexibility index (Phi) is 5.59. The molecule has 1 aliphatic carbocycles. The minimum absolute atomic E-state index is 0.0580. The van der Waals surface area contributed by atoms with E-state index in [2.05, 4.69) is 26.2 Å². The maximum Gasteiger partial charge on any atom is 0.408 e. The summed E-state index contributed by atoms with van der Waals surface area (Å²) >= 11 is 5.79. The molecule has 2 heterocycles. The monoisotopic (exact) mass is 447 g/mol. The number of amides is 2. The van der Waals surface area contributed by atoms with Crippen molar-refractivity contribution in [2.24, 2.45) is 14.1 Å². The molecule has 3 aromatic rings. The molecule has 0 bridgehead atoms. The highest BCUT2D eigenvalue weighted by Gasteiger charge is 2.31. The topological polar surface area (TPSA) is 116 Å². The summed E-state index contributed by atoms with van der Waals surface area (Å²) in [5.74, 6) is -0.484. The first-order valence-corrected chi connectivity index (χ1v) is 9.80. The molecule has 0 radical (unpaired) electrons. The van der Waals surface area contributed by atoms with Gasteiger partial charge in [0.05, 0.1) is 11.1 Å². The van der Waals surface area contributed by atoms with E-state index in [-0.39, 0.29) is 23.6 Å². The zero-order valence-electron chi connectivity index (χ0n) is 16.7. The van der Waals surface area contributed by atoms with Gasteiger partial charge in [-0.15, -0.1) is 5.10 Å². The first-order chi connectivity index (χ1) is 14.8. The van der Waals surface area contributed by atoms with E-state index in [1.165, 1.54) is 22.9 Å². The average molecular weight is 448 g/mol. The number of aromatic nitrogens is 5. The van der Waals surface area contributed by atoms with Gasteiger partial charge in [-0.25, -0.2) is 13.9 Å². The molecule has 2 aromatic heterocycles. The summed E-state index contributed by atoms with van der Waals surface area (Å²) in [7, 11) is 3.40. The molecule has 1 unspecified atom stereocenters. The van der Waals surface area contributed by atoms with Crippen LogP contribution in [-0.4, -0.2) is 36.8 Å². The summed E-state index contributed by atoms with van der Waals surface area (Å²) in [5, 5.41) is 16.4. The van der Waals surface area contributed by atoms with Gasteiger partial charge in [-0.3, -0.25) is 4.79 Å². The van der Waals surface area contributed by atoms with Crippen molar-refractivity contribution in [3.05, 3.63) is 57.9 Å². The van der Waals surface area contributed by atoms with Crippen LogP contribution in [0.15, 0.2) is 24.4 Å². The number of carbonyl (C=O) groups excluding carboxylic acids is 2. The van der Waals surface area contributed by atoms with Crippen molar-refractivity contribution < 1.29 is 18.7 Å². The fourth-order valence-electron chi connectivity index (χ4n) is 3.60. The van der Waals surface area contributed by atoms with Gasteiger partial charge >= 0.3 is 6.09 Å². The van der Waals surface area contributed by atoms with Crippen LogP contribution in [0.5, 0.6) is 0 Å². The molecule has 4 rings (SSSR count). The number of hydrogen-bond acceptors (Lipinski definition) is 6. The maximum absolute atomic E-state index is 13.4. The lowest BCUT2D eigenvalue weighted by atomic mass is 10.1. The number of hydrogen-bond donors (Lipinski definition) is 2.